The third-order valence-electron chi connectivity index (χ3n) is 4.81. The number of hydrogen-bond donors (Lipinski definition) is 4. The molecule has 1 aliphatic carbocycles. The number of carbonyl (C=O) groups excluding carboxylic acids is 1. The van der Waals surface area contributed by atoms with E-state index in [9.17, 15) is 24.6 Å². The molecule has 0 saturated carbocycles. The van der Waals surface area contributed by atoms with Gasteiger partial charge in [0, 0.05) is 12.8 Å². The van der Waals surface area contributed by atoms with Crippen molar-refractivity contribution in [3.63, 3.8) is 0 Å². The highest BCUT2D eigenvalue weighted by Gasteiger charge is 2.28. The number of nitrogens with two attached hydrogens (primary N) is 1. The fourth-order valence-corrected chi connectivity index (χ4v) is 3.41. The number of benzene rings is 1. The van der Waals surface area contributed by atoms with Crippen molar-refractivity contribution in [1.82, 2.24) is 15.0 Å². The minimum absolute atomic E-state index is 0.174. The maximum Gasteiger partial charge on any atom is 0.354 e. The summed E-state index contributed by atoms with van der Waals surface area (Å²) in [5, 5.41) is 28.1. The Balaban J connectivity index is 1.97. The van der Waals surface area contributed by atoms with Crippen LogP contribution in [-0.2, 0) is 6.42 Å². The highest BCUT2D eigenvalue weighted by Crippen LogP contribution is 2.34. The van der Waals surface area contributed by atoms with Gasteiger partial charge in [-0.25, -0.2) is 19.2 Å². The number of nitrogen functional groups attached to an aromatic ring is 1. The van der Waals surface area contributed by atoms with Crippen molar-refractivity contribution >= 4 is 24.6 Å². The predicted molar refractivity (Wildman–Crippen MR) is 101 cm³/mol. The molecule has 0 spiro atoms. The lowest BCUT2D eigenvalue weighted by atomic mass is 9.98. The summed E-state index contributed by atoms with van der Waals surface area (Å²) in [5.74, 6) is 2.84. The van der Waals surface area contributed by atoms with Crippen molar-refractivity contribution in [3.05, 3.63) is 57.5 Å². The van der Waals surface area contributed by atoms with Crippen LogP contribution in [0.2, 0.25) is 0 Å². The number of hydrogen-bond acceptors (Lipinski definition) is 7. The SMILES string of the molecule is C=N/N=c1/nc(C(=O)O)cc(C(=O)N[C@H]2CCc3c2ccc(C(=O)O)c3C)n1N. The third kappa shape index (κ3) is 3.57. The topological polar surface area (TPSA) is 172 Å². The average Bonchev–Trinajstić information content (AvgIpc) is 3.07. The number of carboxylic acid groups (broad SMARTS) is 2. The average molecular weight is 398 g/mol. The largest absolute Gasteiger partial charge is 0.478 e. The maximum absolute atomic E-state index is 12.8. The second kappa shape index (κ2) is 7.54. The molecule has 29 heavy (non-hydrogen) atoms. The number of nitrogens with zero attached hydrogens (tertiary/aromatic N) is 4. The summed E-state index contributed by atoms with van der Waals surface area (Å²) in [7, 11) is 0. The molecule has 11 heteroatoms. The van der Waals surface area contributed by atoms with Gasteiger partial charge >= 0.3 is 11.9 Å². The van der Waals surface area contributed by atoms with Crippen LogP contribution >= 0.6 is 0 Å². The predicted octanol–water partition coefficient (Wildman–Crippen LogP) is 0.235. The smallest absolute Gasteiger partial charge is 0.354 e. The van der Waals surface area contributed by atoms with Crippen LogP contribution < -0.4 is 16.8 Å². The van der Waals surface area contributed by atoms with Gasteiger partial charge in [0.05, 0.1) is 11.6 Å². The van der Waals surface area contributed by atoms with Gasteiger partial charge < -0.3 is 21.4 Å². The molecule has 1 amide bonds. The van der Waals surface area contributed by atoms with Gasteiger partial charge in [0.2, 0.25) is 0 Å². The van der Waals surface area contributed by atoms with Crippen molar-refractivity contribution < 1.29 is 24.6 Å². The molecule has 0 fully saturated rings. The van der Waals surface area contributed by atoms with Gasteiger partial charge in [-0.1, -0.05) is 6.07 Å². The Hall–Kier alpha value is -4.02. The molecule has 0 unspecified atom stereocenters. The molecule has 1 heterocycles. The van der Waals surface area contributed by atoms with Gasteiger partial charge in [-0.3, -0.25) is 4.79 Å². The molecule has 0 bridgehead atoms. The molecule has 1 atom stereocenters. The Morgan fingerprint density at radius 3 is 2.66 bits per heavy atom. The number of aromatic nitrogens is 2. The summed E-state index contributed by atoms with van der Waals surface area (Å²) in [5.41, 5.74) is 1.69. The Kier molecular flexibility index (Phi) is 5.13. The monoisotopic (exact) mass is 398 g/mol. The zero-order chi connectivity index (χ0) is 21.3. The lowest BCUT2D eigenvalue weighted by Gasteiger charge is -2.16. The molecule has 0 saturated heterocycles. The number of amides is 1. The van der Waals surface area contributed by atoms with Gasteiger partial charge in [0.1, 0.15) is 5.69 Å². The normalized spacial score (nSPS) is 15.6. The number of aromatic carboxylic acids is 2. The quantitative estimate of drug-likeness (QED) is 0.317. The molecule has 150 valence electrons. The van der Waals surface area contributed by atoms with Crippen LogP contribution in [0.4, 0.5) is 0 Å². The fourth-order valence-electron chi connectivity index (χ4n) is 3.41. The first-order valence-electron chi connectivity index (χ1n) is 8.53. The van der Waals surface area contributed by atoms with Crippen molar-refractivity contribution in [2.75, 3.05) is 5.84 Å². The van der Waals surface area contributed by atoms with Crippen molar-refractivity contribution in [1.29, 1.82) is 0 Å². The Bertz CT molecular complexity index is 1120. The first kappa shape index (κ1) is 19.7. The summed E-state index contributed by atoms with van der Waals surface area (Å²) >= 11 is 0. The molecular weight excluding hydrogens is 380 g/mol. The van der Waals surface area contributed by atoms with E-state index in [0.717, 1.165) is 21.9 Å². The molecule has 0 aliphatic heterocycles. The summed E-state index contributed by atoms with van der Waals surface area (Å²) < 4.78 is 0.824. The Morgan fingerprint density at radius 1 is 1.31 bits per heavy atom. The number of carboxylic acids is 2. The summed E-state index contributed by atoms with van der Waals surface area (Å²) in [4.78, 5) is 39.1. The standard InChI is InChI=1S/C18H18N6O5/c1-8-9-5-6-12(11(9)4-3-10(8)16(26)27)21-15(25)14-7-13(17(28)29)22-18(23-20-2)24(14)19/h3-4,7,12H,2,5-6,19H2,1H3,(H,21,25)(H,26,27)(H,28,29)/b23-18-/t12-/m0/s1. The molecular formula is C18H18N6O5. The molecule has 1 aromatic carbocycles. The summed E-state index contributed by atoms with van der Waals surface area (Å²) in [6.07, 6.45) is 1.17. The zero-order valence-electron chi connectivity index (χ0n) is 15.4. The highest BCUT2D eigenvalue weighted by atomic mass is 16.4. The van der Waals surface area contributed by atoms with E-state index in [0.29, 0.717) is 18.4 Å². The molecule has 11 nitrogen and oxygen atoms in total. The van der Waals surface area contributed by atoms with E-state index in [1.165, 1.54) is 6.07 Å². The minimum atomic E-state index is -1.36. The van der Waals surface area contributed by atoms with Crippen molar-refractivity contribution in [2.24, 2.45) is 10.2 Å². The Labute approximate surface area is 164 Å². The lowest BCUT2D eigenvalue weighted by Crippen LogP contribution is -2.40. The van der Waals surface area contributed by atoms with Crippen molar-refractivity contribution in [3.8, 4) is 0 Å². The molecule has 5 N–H and O–H groups in total. The first-order chi connectivity index (χ1) is 13.7. The fraction of sp³-hybridized carbons (Fsp3) is 0.222. The van der Waals surface area contributed by atoms with Gasteiger partial charge in [0.25, 0.3) is 11.5 Å². The zero-order valence-corrected chi connectivity index (χ0v) is 15.4. The van der Waals surface area contributed by atoms with Gasteiger partial charge in [-0.15, -0.1) is 5.10 Å². The van der Waals surface area contributed by atoms with E-state index in [1.807, 2.05) is 0 Å². The first-order valence-corrected chi connectivity index (χ1v) is 8.53. The molecule has 1 aliphatic rings. The van der Waals surface area contributed by atoms with Crippen LogP contribution in [0.1, 0.15) is 60.5 Å². The minimum Gasteiger partial charge on any atom is -0.478 e. The highest BCUT2D eigenvalue weighted by molar-refractivity contribution is 5.95. The summed E-state index contributed by atoms with van der Waals surface area (Å²) in [6.45, 7) is 4.90. The van der Waals surface area contributed by atoms with Crippen LogP contribution in [0.15, 0.2) is 28.4 Å². The number of fused-ring (bicyclic) bond motifs is 1. The molecule has 2 aromatic rings. The number of carbonyl (C=O) groups is 3. The third-order valence-corrected chi connectivity index (χ3v) is 4.81. The van der Waals surface area contributed by atoms with Crippen LogP contribution in [0.25, 0.3) is 0 Å². The van der Waals surface area contributed by atoms with Crippen LogP contribution in [0.5, 0.6) is 0 Å². The molecule has 1 aromatic heterocycles. The Morgan fingerprint density at radius 2 is 2.03 bits per heavy atom. The summed E-state index contributed by atoms with van der Waals surface area (Å²) in [6, 6.07) is 3.84. The van der Waals surface area contributed by atoms with Crippen LogP contribution in [-0.4, -0.2) is 44.4 Å². The number of rotatable bonds is 5. The second-order valence-corrected chi connectivity index (χ2v) is 6.42. The van der Waals surface area contributed by atoms with E-state index in [-0.39, 0.29) is 22.9 Å². The van der Waals surface area contributed by atoms with E-state index < -0.39 is 23.5 Å². The van der Waals surface area contributed by atoms with E-state index in [2.05, 4.69) is 27.2 Å². The van der Waals surface area contributed by atoms with E-state index in [4.69, 9.17) is 5.84 Å². The molecule has 3 rings (SSSR count). The number of nitrogens with one attached hydrogen (secondary N) is 1. The van der Waals surface area contributed by atoms with E-state index in [1.54, 1.807) is 13.0 Å². The second-order valence-electron chi connectivity index (χ2n) is 6.42. The van der Waals surface area contributed by atoms with Crippen molar-refractivity contribution in [2.45, 2.75) is 25.8 Å². The van der Waals surface area contributed by atoms with Crippen LogP contribution in [0, 0.1) is 6.92 Å². The van der Waals surface area contributed by atoms with Gasteiger partial charge in [-0.05, 0) is 42.5 Å². The maximum atomic E-state index is 12.8. The molecule has 0 radical (unpaired) electrons. The van der Waals surface area contributed by atoms with Gasteiger partial charge in [0.15, 0.2) is 5.69 Å². The lowest BCUT2D eigenvalue weighted by molar-refractivity contribution is 0.0681. The van der Waals surface area contributed by atoms with Crippen LogP contribution in [0.3, 0.4) is 0 Å². The van der Waals surface area contributed by atoms with Gasteiger partial charge in [-0.2, -0.15) is 5.10 Å². The van der Waals surface area contributed by atoms with E-state index >= 15 is 0 Å².